The summed E-state index contributed by atoms with van der Waals surface area (Å²) in [7, 11) is 6.47. The first-order chi connectivity index (χ1) is 25.5. The SMILES string of the molecule is CCC(=O)O[C@@H]1CC(=O)O[C@H](C)C/C=C/C=C/[C@H](O)[C@H](C)C[C@H](CC=O)[C@H](O[C@@H]2O[C@H](C)[C@@H](OC3C[C@@](C)(OC)[C@@H](O)[C@H](C)O3)[C@H](N(C)C)[C@H]2O)[C@H]1OC. The van der Waals surface area contributed by atoms with Crippen molar-refractivity contribution in [1.29, 1.82) is 0 Å². The van der Waals surface area contributed by atoms with E-state index in [1.807, 2.05) is 13.0 Å². The van der Waals surface area contributed by atoms with E-state index in [0.29, 0.717) is 6.42 Å². The highest BCUT2D eigenvalue weighted by atomic mass is 16.7. The number of aliphatic hydroxyl groups excluding tert-OH is 3. The molecule has 310 valence electrons. The highest BCUT2D eigenvalue weighted by molar-refractivity contribution is 5.72. The van der Waals surface area contributed by atoms with Gasteiger partial charge in [0.2, 0.25) is 0 Å². The predicted molar refractivity (Wildman–Crippen MR) is 196 cm³/mol. The molecule has 2 saturated heterocycles. The molecule has 0 amide bonds. The third-order valence-corrected chi connectivity index (χ3v) is 10.8. The van der Waals surface area contributed by atoms with Crippen LogP contribution >= 0.6 is 0 Å². The fraction of sp³-hybridized carbons (Fsp3) is 0.821. The highest BCUT2D eigenvalue weighted by Crippen LogP contribution is 2.37. The lowest BCUT2D eigenvalue weighted by molar-refractivity contribution is -0.345. The molecule has 0 aromatic carbocycles. The van der Waals surface area contributed by atoms with Crippen LogP contribution in [0, 0.1) is 11.8 Å². The maximum atomic E-state index is 13.3. The van der Waals surface area contributed by atoms with Gasteiger partial charge in [0, 0.05) is 39.9 Å². The first-order valence-corrected chi connectivity index (χ1v) is 19.1. The van der Waals surface area contributed by atoms with Crippen LogP contribution in [0.2, 0.25) is 0 Å². The summed E-state index contributed by atoms with van der Waals surface area (Å²) in [5, 5.41) is 33.8. The number of likely N-dealkylation sites (N-methyl/N-ethyl adjacent to an activating group) is 1. The molecule has 0 aromatic rings. The Morgan fingerprint density at radius 3 is 2.33 bits per heavy atom. The first kappa shape index (κ1) is 46.1. The van der Waals surface area contributed by atoms with Crippen molar-refractivity contribution >= 4 is 18.2 Å². The number of carbonyl (C=O) groups excluding carboxylic acids is 3. The number of hydrogen-bond acceptors (Lipinski definition) is 15. The summed E-state index contributed by atoms with van der Waals surface area (Å²) < 4.78 is 48.7. The quantitative estimate of drug-likeness (QED) is 0.205. The van der Waals surface area contributed by atoms with Gasteiger partial charge in [-0.05, 0) is 60.0 Å². The fourth-order valence-corrected chi connectivity index (χ4v) is 7.57. The van der Waals surface area contributed by atoms with Gasteiger partial charge in [0.25, 0.3) is 0 Å². The molecule has 3 heterocycles. The number of aldehydes is 1. The molecule has 3 rings (SSSR count). The van der Waals surface area contributed by atoms with Gasteiger partial charge in [-0.15, -0.1) is 0 Å². The second-order valence-corrected chi connectivity index (χ2v) is 15.3. The average Bonchev–Trinajstić information content (AvgIpc) is 3.11. The Labute approximate surface area is 320 Å². The highest BCUT2D eigenvalue weighted by Gasteiger charge is 2.52. The Bertz CT molecular complexity index is 1250. The average molecular weight is 772 g/mol. The van der Waals surface area contributed by atoms with E-state index in [2.05, 4.69) is 0 Å². The van der Waals surface area contributed by atoms with E-state index in [1.165, 1.54) is 14.2 Å². The second kappa shape index (κ2) is 21.3. The van der Waals surface area contributed by atoms with Gasteiger partial charge in [-0.3, -0.25) is 9.59 Å². The number of nitrogens with zero attached hydrogens (tertiary/aromatic N) is 1. The molecule has 54 heavy (non-hydrogen) atoms. The van der Waals surface area contributed by atoms with Crippen LogP contribution in [0.1, 0.15) is 80.1 Å². The molecule has 3 N–H and O–H groups in total. The molecule has 3 aliphatic heterocycles. The third kappa shape index (κ3) is 12.1. The smallest absolute Gasteiger partial charge is 0.309 e. The molecule has 2 fully saturated rings. The van der Waals surface area contributed by atoms with Gasteiger partial charge >= 0.3 is 11.9 Å². The third-order valence-electron chi connectivity index (χ3n) is 10.8. The van der Waals surface area contributed by atoms with Crippen LogP contribution in [0.3, 0.4) is 0 Å². The van der Waals surface area contributed by atoms with Crippen molar-refractivity contribution in [3.8, 4) is 0 Å². The minimum Gasteiger partial charge on any atom is -0.462 e. The Hall–Kier alpha value is -2.31. The van der Waals surface area contributed by atoms with Crippen molar-refractivity contribution in [3.63, 3.8) is 0 Å². The number of allylic oxidation sites excluding steroid dienone is 2. The number of methoxy groups -OCH3 is 2. The molecule has 1 unspecified atom stereocenters. The Balaban J connectivity index is 2.04. The van der Waals surface area contributed by atoms with Gasteiger partial charge in [0.1, 0.15) is 42.9 Å². The molecule has 0 aromatic heterocycles. The van der Waals surface area contributed by atoms with Crippen LogP contribution in [0.5, 0.6) is 0 Å². The van der Waals surface area contributed by atoms with Gasteiger partial charge in [0.05, 0.1) is 42.5 Å². The molecule has 15 nitrogen and oxygen atoms in total. The lowest BCUT2D eigenvalue weighted by Crippen LogP contribution is -2.66. The summed E-state index contributed by atoms with van der Waals surface area (Å²) in [5.41, 5.74) is -0.939. The molecule has 0 saturated carbocycles. The number of hydrogen-bond donors (Lipinski definition) is 3. The number of ether oxygens (including phenoxy) is 8. The van der Waals surface area contributed by atoms with E-state index in [9.17, 15) is 29.7 Å². The zero-order valence-corrected chi connectivity index (χ0v) is 33.6. The summed E-state index contributed by atoms with van der Waals surface area (Å²) in [5.74, 6) is -2.27. The lowest BCUT2D eigenvalue weighted by Gasteiger charge is -2.50. The van der Waals surface area contributed by atoms with E-state index in [-0.39, 0.29) is 38.0 Å². The molecule has 0 bridgehead atoms. The molecule has 16 atom stereocenters. The normalized spacial score (nSPS) is 42.9. The van der Waals surface area contributed by atoms with Gasteiger partial charge in [-0.1, -0.05) is 38.2 Å². The van der Waals surface area contributed by atoms with Gasteiger partial charge in [-0.2, -0.15) is 0 Å². The number of aliphatic hydroxyl groups is 3. The Morgan fingerprint density at radius 2 is 1.72 bits per heavy atom. The van der Waals surface area contributed by atoms with Gasteiger partial charge in [-0.25, -0.2) is 0 Å². The molecular weight excluding hydrogens is 706 g/mol. The number of rotatable bonds is 11. The minimum atomic E-state index is -1.34. The zero-order valence-electron chi connectivity index (χ0n) is 33.6. The van der Waals surface area contributed by atoms with Crippen molar-refractivity contribution in [2.45, 2.75) is 165 Å². The second-order valence-electron chi connectivity index (χ2n) is 15.3. The van der Waals surface area contributed by atoms with Crippen molar-refractivity contribution in [2.24, 2.45) is 11.8 Å². The van der Waals surface area contributed by atoms with Crippen LogP contribution in [-0.2, 0) is 52.3 Å². The van der Waals surface area contributed by atoms with E-state index in [0.717, 1.165) is 6.29 Å². The predicted octanol–water partition coefficient (Wildman–Crippen LogP) is 2.46. The zero-order chi connectivity index (χ0) is 40.3. The number of carbonyl (C=O) groups is 3. The lowest BCUT2D eigenvalue weighted by atomic mass is 9.82. The van der Waals surface area contributed by atoms with E-state index in [4.69, 9.17) is 37.9 Å². The maximum absolute atomic E-state index is 13.3. The molecule has 3 aliphatic rings. The van der Waals surface area contributed by atoms with E-state index < -0.39 is 103 Å². The topological polar surface area (TPSA) is 189 Å². The minimum absolute atomic E-state index is 0.0158. The summed E-state index contributed by atoms with van der Waals surface area (Å²) in [6.45, 7) is 10.5. The van der Waals surface area contributed by atoms with Crippen LogP contribution in [0.15, 0.2) is 24.3 Å². The fourth-order valence-electron chi connectivity index (χ4n) is 7.57. The Kier molecular flexibility index (Phi) is 18.2. The monoisotopic (exact) mass is 771 g/mol. The molecular formula is C39H65NO14. The molecule has 0 aliphatic carbocycles. The van der Waals surface area contributed by atoms with Crippen LogP contribution < -0.4 is 0 Å². The summed E-state index contributed by atoms with van der Waals surface area (Å²) in [4.78, 5) is 40.1. The maximum Gasteiger partial charge on any atom is 0.309 e. The summed E-state index contributed by atoms with van der Waals surface area (Å²) in [6.07, 6.45) is -3.08. The van der Waals surface area contributed by atoms with Crippen molar-refractivity contribution in [1.82, 2.24) is 4.90 Å². The van der Waals surface area contributed by atoms with Crippen molar-refractivity contribution < 1.29 is 67.6 Å². The van der Waals surface area contributed by atoms with Gasteiger partial charge in [0.15, 0.2) is 12.6 Å². The Morgan fingerprint density at radius 1 is 1.02 bits per heavy atom. The molecule has 0 spiro atoms. The molecule has 15 heteroatoms. The van der Waals surface area contributed by atoms with Crippen LogP contribution in [-0.4, -0.2) is 152 Å². The summed E-state index contributed by atoms with van der Waals surface area (Å²) >= 11 is 0. The molecule has 0 radical (unpaired) electrons. The largest absolute Gasteiger partial charge is 0.462 e. The van der Waals surface area contributed by atoms with E-state index >= 15 is 0 Å². The van der Waals surface area contributed by atoms with Crippen LogP contribution in [0.25, 0.3) is 0 Å². The van der Waals surface area contributed by atoms with Crippen LogP contribution in [0.4, 0.5) is 0 Å². The standard InChI is InChI=1S/C39H65NO14/c1-11-29(43)52-28-20-30(44)49-23(3)15-13-12-14-16-27(42)22(2)19-26(17-18-41)35(36(28)47-9)54-38-33(45)32(40(7)8)34(24(4)51-38)53-31-21-39(6,48-10)37(46)25(5)50-31/h12-14,16,18,22-28,31-38,42,45-46H,11,15,17,19-21H2,1-10H3/b13-12+,16-14+/t22-,23-,24-,25+,26+,27+,28-,31?,32-,33-,34-,35+,36+,37+,38+,39-/m1/s1. The van der Waals surface area contributed by atoms with Gasteiger partial charge < -0.3 is 62.9 Å². The van der Waals surface area contributed by atoms with Crippen molar-refractivity contribution in [3.05, 3.63) is 24.3 Å². The number of esters is 2. The number of cyclic esters (lactones) is 1. The van der Waals surface area contributed by atoms with E-state index in [1.54, 1.807) is 71.8 Å². The first-order valence-electron chi connectivity index (χ1n) is 19.1. The summed E-state index contributed by atoms with van der Waals surface area (Å²) in [6, 6.07) is -0.709. The van der Waals surface area contributed by atoms with Crippen molar-refractivity contribution in [2.75, 3.05) is 28.3 Å².